The molecular formula is C22H22N2O3S2. The number of nitrogens with one attached hydrogen (secondary N) is 1. The number of anilines is 2. The van der Waals surface area contributed by atoms with Crippen molar-refractivity contribution in [3.63, 3.8) is 0 Å². The van der Waals surface area contributed by atoms with Gasteiger partial charge in [-0.15, -0.1) is 11.3 Å². The number of nitrogens with zero attached hydrogens (tertiary/aromatic N) is 1. The SMILES string of the molecule is CS(=O)(=O)Cc1cccc(C(=O)Nc2ccc(N3CCc4sccc4C3)cc2)c1. The maximum Gasteiger partial charge on any atom is 0.255 e. The first-order valence-electron chi connectivity index (χ1n) is 9.36. The van der Waals surface area contributed by atoms with Crippen LogP contribution >= 0.6 is 11.3 Å². The number of hydrogen-bond acceptors (Lipinski definition) is 5. The van der Waals surface area contributed by atoms with Gasteiger partial charge in [-0.25, -0.2) is 8.42 Å². The van der Waals surface area contributed by atoms with Crippen molar-refractivity contribution in [1.82, 2.24) is 0 Å². The molecule has 2 heterocycles. The van der Waals surface area contributed by atoms with Gasteiger partial charge in [-0.2, -0.15) is 0 Å². The number of amides is 1. The lowest BCUT2D eigenvalue weighted by Crippen LogP contribution is -2.29. The summed E-state index contributed by atoms with van der Waals surface area (Å²) in [5.41, 5.74) is 4.28. The molecule has 0 spiro atoms. The van der Waals surface area contributed by atoms with Gasteiger partial charge >= 0.3 is 0 Å². The molecule has 5 nitrogen and oxygen atoms in total. The molecule has 1 N–H and O–H groups in total. The zero-order valence-electron chi connectivity index (χ0n) is 16.1. The number of rotatable bonds is 5. The molecule has 1 amide bonds. The van der Waals surface area contributed by atoms with Crippen LogP contribution in [0.15, 0.2) is 60.0 Å². The Balaban J connectivity index is 1.43. The third-order valence-electron chi connectivity index (χ3n) is 4.92. The second kappa shape index (κ2) is 8.00. The quantitative estimate of drug-likeness (QED) is 0.667. The summed E-state index contributed by atoms with van der Waals surface area (Å²) in [6, 6.07) is 16.8. The topological polar surface area (TPSA) is 66.5 Å². The Bertz CT molecular complexity index is 1130. The summed E-state index contributed by atoms with van der Waals surface area (Å²) in [5, 5.41) is 5.04. The van der Waals surface area contributed by atoms with Crippen LogP contribution in [0.2, 0.25) is 0 Å². The minimum absolute atomic E-state index is 0.0789. The van der Waals surface area contributed by atoms with Gasteiger partial charge in [0.15, 0.2) is 9.84 Å². The number of fused-ring (bicyclic) bond motifs is 1. The summed E-state index contributed by atoms with van der Waals surface area (Å²) < 4.78 is 23.0. The molecule has 0 saturated carbocycles. The highest BCUT2D eigenvalue weighted by atomic mass is 32.2. The van der Waals surface area contributed by atoms with Gasteiger partial charge in [0.2, 0.25) is 0 Å². The number of carbonyl (C=O) groups excluding carboxylic acids is 1. The maximum atomic E-state index is 12.6. The van der Waals surface area contributed by atoms with Gasteiger partial charge in [-0.1, -0.05) is 12.1 Å². The van der Waals surface area contributed by atoms with Crippen LogP contribution in [0, 0.1) is 0 Å². The van der Waals surface area contributed by atoms with Crippen molar-refractivity contribution in [2.24, 2.45) is 0 Å². The fourth-order valence-corrected chi connectivity index (χ4v) is 5.21. The van der Waals surface area contributed by atoms with E-state index < -0.39 is 9.84 Å². The lowest BCUT2D eigenvalue weighted by molar-refractivity contribution is 0.102. The van der Waals surface area contributed by atoms with Crippen LogP contribution in [0.4, 0.5) is 11.4 Å². The molecule has 0 atom stereocenters. The fraction of sp³-hybridized carbons (Fsp3) is 0.227. The lowest BCUT2D eigenvalue weighted by Gasteiger charge is -2.29. The second-order valence-electron chi connectivity index (χ2n) is 7.31. The molecule has 0 aliphatic carbocycles. The van der Waals surface area contributed by atoms with E-state index in [2.05, 4.69) is 21.7 Å². The molecule has 4 rings (SSSR count). The number of carbonyl (C=O) groups is 1. The van der Waals surface area contributed by atoms with E-state index in [1.807, 2.05) is 35.6 Å². The fourth-order valence-electron chi connectivity index (χ4n) is 3.53. The molecule has 3 aromatic rings. The minimum atomic E-state index is -3.14. The van der Waals surface area contributed by atoms with Crippen molar-refractivity contribution in [3.8, 4) is 0 Å². The molecule has 0 fully saturated rings. The standard InChI is InChI=1S/C22H22N2O3S2/c1-29(26,27)15-16-3-2-4-17(13-16)22(25)23-19-5-7-20(8-6-19)24-11-9-21-18(14-24)10-12-28-21/h2-8,10,12-13H,9,11,14-15H2,1H3,(H,23,25). The van der Waals surface area contributed by atoms with Gasteiger partial charge in [0.25, 0.3) is 5.91 Å². The number of benzene rings is 2. The van der Waals surface area contributed by atoms with Crippen LogP contribution in [0.25, 0.3) is 0 Å². The van der Waals surface area contributed by atoms with Crippen LogP contribution in [-0.4, -0.2) is 27.1 Å². The van der Waals surface area contributed by atoms with Gasteiger partial charge in [-0.3, -0.25) is 4.79 Å². The Morgan fingerprint density at radius 1 is 1.14 bits per heavy atom. The smallest absolute Gasteiger partial charge is 0.255 e. The maximum absolute atomic E-state index is 12.6. The van der Waals surface area contributed by atoms with Crippen LogP contribution in [0.5, 0.6) is 0 Å². The van der Waals surface area contributed by atoms with E-state index in [-0.39, 0.29) is 11.7 Å². The Morgan fingerprint density at radius 2 is 1.93 bits per heavy atom. The predicted molar refractivity (Wildman–Crippen MR) is 118 cm³/mol. The molecule has 0 radical (unpaired) electrons. The molecule has 1 aliphatic heterocycles. The van der Waals surface area contributed by atoms with Crippen molar-refractivity contribution >= 4 is 38.5 Å². The van der Waals surface area contributed by atoms with Crippen LogP contribution in [0.3, 0.4) is 0 Å². The molecule has 0 unspecified atom stereocenters. The second-order valence-corrected chi connectivity index (χ2v) is 10.5. The zero-order valence-corrected chi connectivity index (χ0v) is 17.7. The van der Waals surface area contributed by atoms with Gasteiger partial charge in [0.05, 0.1) is 5.75 Å². The summed E-state index contributed by atoms with van der Waals surface area (Å²) in [7, 11) is -3.14. The lowest BCUT2D eigenvalue weighted by atomic mass is 10.1. The summed E-state index contributed by atoms with van der Waals surface area (Å²) >= 11 is 1.83. The monoisotopic (exact) mass is 426 g/mol. The largest absolute Gasteiger partial charge is 0.367 e. The van der Waals surface area contributed by atoms with Gasteiger partial charge in [0.1, 0.15) is 0 Å². The predicted octanol–water partition coefficient (Wildman–Crippen LogP) is 4.11. The van der Waals surface area contributed by atoms with Crippen molar-refractivity contribution in [1.29, 1.82) is 0 Å². The van der Waals surface area contributed by atoms with Crippen LogP contribution in [-0.2, 0) is 28.6 Å². The number of sulfone groups is 1. The van der Waals surface area contributed by atoms with E-state index in [9.17, 15) is 13.2 Å². The van der Waals surface area contributed by atoms with Crippen molar-refractivity contribution in [3.05, 3.63) is 81.5 Å². The molecule has 7 heteroatoms. The molecule has 0 saturated heterocycles. The highest BCUT2D eigenvalue weighted by Gasteiger charge is 2.17. The van der Waals surface area contributed by atoms with Gasteiger partial charge < -0.3 is 10.2 Å². The average molecular weight is 427 g/mol. The highest BCUT2D eigenvalue weighted by molar-refractivity contribution is 7.89. The van der Waals surface area contributed by atoms with E-state index in [0.29, 0.717) is 16.8 Å². The Kier molecular flexibility index (Phi) is 5.43. The van der Waals surface area contributed by atoms with Crippen molar-refractivity contribution in [2.75, 3.05) is 23.0 Å². The Morgan fingerprint density at radius 3 is 2.69 bits per heavy atom. The molecular weight excluding hydrogens is 404 g/mol. The van der Waals surface area contributed by atoms with E-state index in [1.54, 1.807) is 24.3 Å². The normalized spacial score (nSPS) is 13.8. The first-order valence-corrected chi connectivity index (χ1v) is 12.3. The first-order chi connectivity index (χ1) is 13.9. The molecule has 29 heavy (non-hydrogen) atoms. The van der Waals surface area contributed by atoms with E-state index in [1.165, 1.54) is 16.7 Å². The van der Waals surface area contributed by atoms with Crippen LogP contribution in [0.1, 0.15) is 26.4 Å². The summed E-state index contributed by atoms with van der Waals surface area (Å²) in [6.45, 7) is 1.91. The van der Waals surface area contributed by atoms with E-state index >= 15 is 0 Å². The zero-order chi connectivity index (χ0) is 20.4. The van der Waals surface area contributed by atoms with Crippen molar-refractivity contribution < 1.29 is 13.2 Å². The molecule has 2 aromatic carbocycles. The van der Waals surface area contributed by atoms with Crippen LogP contribution < -0.4 is 10.2 Å². The highest BCUT2D eigenvalue weighted by Crippen LogP contribution is 2.28. The minimum Gasteiger partial charge on any atom is -0.367 e. The summed E-state index contributed by atoms with van der Waals surface area (Å²) in [6.07, 6.45) is 2.25. The molecule has 150 valence electrons. The van der Waals surface area contributed by atoms with E-state index in [4.69, 9.17) is 0 Å². The van der Waals surface area contributed by atoms with Gasteiger partial charge in [0, 0.05) is 41.2 Å². The molecule has 1 aliphatic rings. The average Bonchev–Trinajstić information content (AvgIpc) is 3.15. The number of hydrogen-bond donors (Lipinski definition) is 1. The summed E-state index contributed by atoms with van der Waals surface area (Å²) in [5.74, 6) is -0.334. The number of thiophene rings is 1. The van der Waals surface area contributed by atoms with E-state index in [0.717, 1.165) is 25.2 Å². The molecule has 0 bridgehead atoms. The first kappa shape index (κ1) is 19.7. The Hall–Kier alpha value is -2.64. The molecule has 1 aromatic heterocycles. The summed E-state index contributed by atoms with van der Waals surface area (Å²) in [4.78, 5) is 16.4. The third-order valence-corrected chi connectivity index (χ3v) is 6.80. The third kappa shape index (κ3) is 4.86. The van der Waals surface area contributed by atoms with Gasteiger partial charge in [-0.05, 0) is 65.4 Å². The Labute approximate surface area is 174 Å². The van der Waals surface area contributed by atoms with Crippen molar-refractivity contribution in [2.45, 2.75) is 18.7 Å².